The fourth-order valence-electron chi connectivity index (χ4n) is 6.25. The topological polar surface area (TPSA) is 102 Å². The highest BCUT2D eigenvalue weighted by Gasteiger charge is 2.25. The van der Waals surface area contributed by atoms with Gasteiger partial charge in [-0.3, -0.25) is 9.59 Å². The summed E-state index contributed by atoms with van der Waals surface area (Å²) < 4.78 is 17.1. The van der Waals surface area contributed by atoms with Crippen molar-refractivity contribution in [1.82, 2.24) is 0 Å². The lowest BCUT2D eigenvalue weighted by Gasteiger charge is -2.34. The predicted molar refractivity (Wildman–Crippen MR) is 199 cm³/mol. The van der Waals surface area contributed by atoms with Gasteiger partial charge in [0.1, 0.15) is 12.6 Å². The number of unbranched alkanes of at least 4 members (excludes halogenated alkanes) is 23. The van der Waals surface area contributed by atoms with Crippen LogP contribution in [0.5, 0.6) is 0 Å². The van der Waals surface area contributed by atoms with Gasteiger partial charge in [-0.1, -0.05) is 162 Å². The number of carbonyl (C=O) groups is 3. The zero-order valence-electron chi connectivity index (χ0n) is 32.9. The molecule has 0 spiro atoms. The van der Waals surface area contributed by atoms with Crippen LogP contribution in [0, 0.1) is 0 Å². The third kappa shape index (κ3) is 32.0. The van der Waals surface area contributed by atoms with Gasteiger partial charge in [-0.15, -0.1) is 0 Å². The number of hydrogen-bond donors (Lipinski definition) is 0. The van der Waals surface area contributed by atoms with Crippen molar-refractivity contribution in [3.8, 4) is 0 Å². The Hall–Kier alpha value is -1.67. The number of carboxylic acid groups (broad SMARTS) is 1. The molecule has 0 aromatic heterocycles. The van der Waals surface area contributed by atoms with E-state index in [0.29, 0.717) is 12.8 Å². The molecule has 8 nitrogen and oxygen atoms in total. The van der Waals surface area contributed by atoms with Crippen LogP contribution < -0.4 is 5.11 Å². The zero-order valence-corrected chi connectivity index (χ0v) is 32.9. The monoisotopic (exact) mass is 698 g/mol. The number of ether oxygens (including phenoxy) is 3. The van der Waals surface area contributed by atoms with Gasteiger partial charge in [-0.25, -0.2) is 0 Å². The van der Waals surface area contributed by atoms with Crippen LogP contribution in [0.25, 0.3) is 0 Å². The molecule has 0 aliphatic carbocycles. The summed E-state index contributed by atoms with van der Waals surface area (Å²) in [5, 5.41) is 11.6. The van der Waals surface area contributed by atoms with Crippen molar-refractivity contribution < 1.29 is 38.2 Å². The van der Waals surface area contributed by atoms with Gasteiger partial charge in [0.15, 0.2) is 6.10 Å². The molecule has 49 heavy (non-hydrogen) atoms. The maximum Gasteiger partial charge on any atom is 0.306 e. The van der Waals surface area contributed by atoms with Crippen molar-refractivity contribution in [3.05, 3.63) is 0 Å². The van der Waals surface area contributed by atoms with Crippen LogP contribution in [0.15, 0.2) is 0 Å². The number of quaternary nitrogens is 1. The van der Waals surface area contributed by atoms with E-state index in [9.17, 15) is 19.5 Å². The van der Waals surface area contributed by atoms with E-state index < -0.39 is 18.1 Å². The van der Waals surface area contributed by atoms with Crippen molar-refractivity contribution in [3.63, 3.8) is 0 Å². The van der Waals surface area contributed by atoms with Gasteiger partial charge in [-0.2, -0.15) is 0 Å². The Labute approximate surface area is 302 Å². The van der Waals surface area contributed by atoms with E-state index in [1.54, 1.807) is 21.1 Å². The van der Waals surface area contributed by atoms with Crippen molar-refractivity contribution >= 4 is 17.9 Å². The van der Waals surface area contributed by atoms with Gasteiger partial charge in [0.05, 0.1) is 40.3 Å². The minimum atomic E-state index is -1.12. The second kappa shape index (κ2) is 33.5. The first-order chi connectivity index (χ1) is 23.6. The van der Waals surface area contributed by atoms with Crippen LogP contribution >= 0.6 is 0 Å². The quantitative estimate of drug-likeness (QED) is 0.0362. The standard InChI is InChI=1S/C41H79NO7/c1-6-8-10-12-14-16-18-20-22-23-25-27-29-31-39(43)48-36-37(35-47-34-33-38(41(45)46)42(3,4)5)49-40(44)32-30-28-26-24-21-19-17-15-13-11-9-7-2/h37-38H,6-36H2,1-5H3. The van der Waals surface area contributed by atoms with Crippen molar-refractivity contribution in [2.45, 2.75) is 206 Å². The minimum absolute atomic E-state index is 0.0487. The summed E-state index contributed by atoms with van der Waals surface area (Å²) in [6.45, 7) is 4.67. The molecule has 0 aromatic carbocycles. The number of likely N-dealkylation sites (N-methyl/N-ethyl adjacent to an activating group) is 1. The summed E-state index contributed by atoms with van der Waals surface area (Å²) in [5.41, 5.74) is 0. The highest BCUT2D eigenvalue weighted by Crippen LogP contribution is 2.15. The highest BCUT2D eigenvalue weighted by molar-refractivity contribution is 5.70. The number of carboxylic acids is 1. The molecule has 2 unspecified atom stereocenters. The largest absolute Gasteiger partial charge is 0.544 e. The normalized spacial score (nSPS) is 12.9. The third-order valence-electron chi connectivity index (χ3n) is 9.49. The Morgan fingerprint density at radius 1 is 0.531 bits per heavy atom. The molecule has 0 aromatic rings. The maximum absolute atomic E-state index is 12.6. The fourth-order valence-corrected chi connectivity index (χ4v) is 6.25. The molecule has 0 saturated heterocycles. The van der Waals surface area contributed by atoms with Crippen LogP contribution in [0.2, 0.25) is 0 Å². The lowest BCUT2D eigenvalue weighted by atomic mass is 10.0. The molecule has 0 fully saturated rings. The first-order valence-electron chi connectivity index (χ1n) is 20.6. The molecule has 0 N–H and O–H groups in total. The van der Waals surface area contributed by atoms with Crippen molar-refractivity contribution in [2.24, 2.45) is 0 Å². The Kier molecular flexibility index (Phi) is 32.3. The van der Waals surface area contributed by atoms with Crippen LogP contribution in [-0.4, -0.2) is 75.5 Å². The second-order valence-electron chi connectivity index (χ2n) is 15.2. The molecule has 290 valence electrons. The number of esters is 2. The summed E-state index contributed by atoms with van der Waals surface area (Å²) in [7, 11) is 5.41. The molecule has 0 amide bonds. The molecule has 0 bridgehead atoms. The number of rotatable bonds is 37. The molecule has 2 atom stereocenters. The number of carbonyl (C=O) groups excluding carboxylic acids is 3. The number of aliphatic carboxylic acids is 1. The van der Waals surface area contributed by atoms with E-state index in [4.69, 9.17) is 14.2 Å². The first-order valence-corrected chi connectivity index (χ1v) is 20.6. The maximum atomic E-state index is 12.6. The van der Waals surface area contributed by atoms with E-state index in [1.165, 1.54) is 122 Å². The highest BCUT2D eigenvalue weighted by atomic mass is 16.6. The molecular weight excluding hydrogens is 618 g/mol. The molecule has 0 radical (unpaired) electrons. The van der Waals surface area contributed by atoms with Crippen molar-refractivity contribution in [1.29, 1.82) is 0 Å². The summed E-state index contributed by atoms with van der Waals surface area (Å²) in [5.74, 6) is -1.72. The number of nitrogens with zero attached hydrogens (tertiary/aromatic N) is 1. The Morgan fingerprint density at radius 3 is 1.27 bits per heavy atom. The average Bonchev–Trinajstić information content (AvgIpc) is 3.05. The second-order valence-corrected chi connectivity index (χ2v) is 15.2. The lowest BCUT2D eigenvalue weighted by Crippen LogP contribution is -2.55. The SMILES string of the molecule is CCCCCCCCCCCCCCCC(=O)OCC(COCCC(C(=O)[O-])[N+](C)(C)C)OC(=O)CCCCCCCCCCCCCC. The van der Waals surface area contributed by atoms with Crippen LogP contribution in [0.1, 0.15) is 194 Å². The Balaban J connectivity index is 4.35. The van der Waals surface area contributed by atoms with E-state index in [-0.39, 0.29) is 42.7 Å². The average molecular weight is 698 g/mol. The molecule has 0 aliphatic rings. The molecular formula is C41H79NO7. The first kappa shape index (κ1) is 47.3. The fraction of sp³-hybridized carbons (Fsp3) is 0.927. The van der Waals surface area contributed by atoms with Gasteiger partial charge in [-0.05, 0) is 12.8 Å². The number of hydrogen-bond acceptors (Lipinski definition) is 7. The van der Waals surface area contributed by atoms with E-state index in [2.05, 4.69) is 13.8 Å². The summed E-state index contributed by atoms with van der Waals surface area (Å²) in [6, 6.07) is -0.718. The van der Waals surface area contributed by atoms with Crippen LogP contribution in [0.3, 0.4) is 0 Å². The van der Waals surface area contributed by atoms with Crippen molar-refractivity contribution in [2.75, 3.05) is 41.0 Å². The third-order valence-corrected chi connectivity index (χ3v) is 9.49. The van der Waals surface area contributed by atoms with E-state index >= 15 is 0 Å². The van der Waals surface area contributed by atoms with Gasteiger partial charge < -0.3 is 28.6 Å². The molecule has 0 aliphatic heterocycles. The van der Waals surface area contributed by atoms with Gasteiger partial charge >= 0.3 is 11.9 Å². The van der Waals surface area contributed by atoms with Gasteiger partial charge in [0, 0.05) is 19.3 Å². The lowest BCUT2D eigenvalue weighted by molar-refractivity contribution is -0.889. The van der Waals surface area contributed by atoms with Crippen LogP contribution in [-0.2, 0) is 28.6 Å². The summed E-state index contributed by atoms with van der Waals surface area (Å²) >= 11 is 0. The molecule has 0 saturated carbocycles. The van der Waals surface area contributed by atoms with Gasteiger partial charge in [0.25, 0.3) is 0 Å². The molecule has 0 heterocycles. The Bertz CT molecular complexity index is 782. The van der Waals surface area contributed by atoms with Gasteiger partial charge in [0.2, 0.25) is 0 Å². The predicted octanol–water partition coefficient (Wildman–Crippen LogP) is 9.25. The summed E-state index contributed by atoms with van der Waals surface area (Å²) in [4.78, 5) is 36.7. The zero-order chi connectivity index (χ0) is 36.4. The van der Waals surface area contributed by atoms with Crippen LogP contribution in [0.4, 0.5) is 0 Å². The smallest absolute Gasteiger partial charge is 0.306 e. The molecule has 8 heteroatoms. The molecule has 0 rings (SSSR count). The van der Waals surface area contributed by atoms with E-state index in [0.717, 1.165) is 38.5 Å². The summed E-state index contributed by atoms with van der Waals surface area (Å²) in [6.07, 6.45) is 31.1. The Morgan fingerprint density at radius 2 is 0.898 bits per heavy atom. The minimum Gasteiger partial charge on any atom is -0.544 e. The van der Waals surface area contributed by atoms with E-state index in [1.807, 2.05) is 0 Å².